The molecule has 0 nitrogen and oxygen atoms in total. The maximum absolute atomic E-state index is 2.29. The van der Waals surface area contributed by atoms with Gasteiger partial charge in [0.1, 0.15) is 0 Å². The van der Waals surface area contributed by atoms with Crippen molar-refractivity contribution < 1.29 is 0 Å². The van der Waals surface area contributed by atoms with Gasteiger partial charge in [0.15, 0.2) is 0 Å². The second-order valence-corrected chi connectivity index (χ2v) is 9.38. The molecule has 0 unspecified atom stereocenters. The molecule has 0 saturated carbocycles. The summed E-state index contributed by atoms with van der Waals surface area (Å²) in [7, 11) is 0. The Morgan fingerprint density at radius 2 is 0.815 bits per heavy atom. The van der Waals surface area contributed by atoms with Crippen LogP contribution < -0.4 is 0 Å². The van der Waals surface area contributed by atoms with E-state index < -0.39 is 0 Å². The monoisotopic (exact) mass is 378 g/mol. The average molecular weight is 379 g/mol. The molecule has 0 fully saturated rings. The minimum Gasteiger partial charge on any atom is -0.0778 e. The van der Waals surface area contributed by atoms with Crippen LogP contribution in [0.5, 0.6) is 0 Å². The summed E-state index contributed by atoms with van der Waals surface area (Å²) in [5, 5.41) is 0. The van der Waals surface area contributed by atoms with Gasteiger partial charge in [-0.05, 0) is 69.9 Å². The van der Waals surface area contributed by atoms with Crippen molar-refractivity contribution in [3.8, 4) is 0 Å². The highest BCUT2D eigenvalue weighted by Gasteiger charge is 2.20. The fourth-order valence-electron chi connectivity index (χ4n) is 2.25. The molecule has 1 aromatic rings. The van der Waals surface area contributed by atoms with Crippen molar-refractivity contribution in [3.63, 3.8) is 0 Å². The van der Waals surface area contributed by atoms with Crippen molar-refractivity contribution in [1.82, 2.24) is 0 Å². The fourth-order valence-corrected chi connectivity index (χ4v) is 2.25. The lowest BCUT2D eigenvalue weighted by atomic mass is 9.78. The molecule has 1 rings (SSSR count). The SMILES string of the molecule is CC.CC.CC(C)(C)CC(C)(C)C.CC(C)=C(C)C.Cc1ccccc1C. The Bertz CT molecular complexity index is 411. The summed E-state index contributed by atoms with van der Waals surface area (Å²) < 4.78 is 0. The first-order valence-corrected chi connectivity index (χ1v) is 10.8. The van der Waals surface area contributed by atoms with E-state index in [1.54, 1.807) is 0 Å². The van der Waals surface area contributed by atoms with Crippen LogP contribution in [0.1, 0.15) is 114 Å². The summed E-state index contributed by atoms with van der Waals surface area (Å²) in [5.74, 6) is 0. The smallest absolute Gasteiger partial charge is 0.0378 e. The van der Waals surface area contributed by atoms with Crippen LogP contribution >= 0.6 is 0 Å². The highest BCUT2D eigenvalue weighted by molar-refractivity contribution is 5.23. The molecule has 0 saturated heterocycles. The second kappa shape index (κ2) is 18.3. The van der Waals surface area contributed by atoms with Gasteiger partial charge in [0.05, 0.1) is 0 Å². The van der Waals surface area contributed by atoms with E-state index in [1.165, 1.54) is 28.7 Å². The Labute approximate surface area is 174 Å². The van der Waals surface area contributed by atoms with E-state index in [0.29, 0.717) is 10.8 Å². The lowest BCUT2D eigenvalue weighted by molar-refractivity contribution is 0.233. The van der Waals surface area contributed by atoms with E-state index >= 15 is 0 Å². The molecule has 162 valence electrons. The van der Waals surface area contributed by atoms with Gasteiger partial charge < -0.3 is 0 Å². The molecule has 0 aliphatic carbocycles. The van der Waals surface area contributed by atoms with Crippen LogP contribution in [0, 0.1) is 24.7 Å². The minimum absolute atomic E-state index is 0.484. The Morgan fingerprint density at radius 3 is 0.889 bits per heavy atom. The Balaban J connectivity index is -0.000000136. The van der Waals surface area contributed by atoms with Gasteiger partial charge in [-0.25, -0.2) is 0 Å². The third kappa shape index (κ3) is 33.0. The minimum atomic E-state index is 0.484. The third-order valence-corrected chi connectivity index (χ3v) is 3.49. The van der Waals surface area contributed by atoms with Gasteiger partial charge in [-0.15, -0.1) is 0 Å². The first kappa shape index (κ1) is 33.5. The Morgan fingerprint density at radius 1 is 0.593 bits per heavy atom. The Hall–Kier alpha value is -1.04. The molecule has 0 aliphatic rings. The van der Waals surface area contributed by atoms with Gasteiger partial charge in [-0.3, -0.25) is 0 Å². The van der Waals surface area contributed by atoms with Gasteiger partial charge in [-0.1, -0.05) is 105 Å². The second-order valence-electron chi connectivity index (χ2n) is 9.38. The van der Waals surface area contributed by atoms with Gasteiger partial charge in [0.25, 0.3) is 0 Å². The molecule has 0 amide bonds. The molecule has 0 bridgehead atoms. The topological polar surface area (TPSA) is 0 Å². The third-order valence-electron chi connectivity index (χ3n) is 3.49. The van der Waals surface area contributed by atoms with Gasteiger partial charge >= 0.3 is 0 Å². The zero-order chi connectivity index (χ0) is 22.8. The fraction of sp³-hybridized carbons (Fsp3) is 0.704. The molecule has 0 N–H and O–H groups in total. The molecule has 0 aromatic heterocycles. The average Bonchev–Trinajstić information content (AvgIpc) is 2.52. The number of hydrogen-bond acceptors (Lipinski definition) is 0. The standard InChI is InChI=1S/C9H20.C8H10.C6H12.2C2H6/c1-8(2,3)7-9(4,5)6;1-7-5-3-4-6-8(7)2;1-5(2)6(3)4;2*1-2/h7H2,1-6H3;3-6H,1-2H3;1-4H3;2*1-2H3. The number of aryl methyl sites for hydroxylation is 2. The molecule has 0 spiro atoms. The highest BCUT2D eigenvalue weighted by atomic mass is 14.3. The Kier molecular flexibility index (Phi) is 22.8. The van der Waals surface area contributed by atoms with Crippen molar-refractivity contribution in [3.05, 3.63) is 46.5 Å². The molecule has 0 aliphatic heterocycles. The first-order valence-electron chi connectivity index (χ1n) is 10.8. The van der Waals surface area contributed by atoms with Gasteiger partial charge in [-0.2, -0.15) is 0 Å². The maximum atomic E-state index is 2.29. The number of allylic oxidation sites excluding steroid dienone is 2. The molecular weight excluding hydrogens is 324 g/mol. The molecule has 1 aromatic carbocycles. The van der Waals surface area contributed by atoms with Crippen molar-refractivity contribution in [2.24, 2.45) is 10.8 Å². The highest BCUT2D eigenvalue weighted by Crippen LogP contribution is 2.31. The lowest BCUT2D eigenvalue weighted by Gasteiger charge is -2.28. The zero-order valence-electron chi connectivity index (χ0n) is 22.0. The van der Waals surface area contributed by atoms with E-state index in [1.807, 2.05) is 27.7 Å². The maximum Gasteiger partial charge on any atom is -0.0378 e. The van der Waals surface area contributed by atoms with Crippen LogP contribution in [-0.4, -0.2) is 0 Å². The predicted octanol–water partition coefficient (Wildman–Crippen LogP) is 10.2. The first-order chi connectivity index (χ1) is 12.2. The van der Waals surface area contributed by atoms with Crippen LogP contribution in [0.4, 0.5) is 0 Å². The van der Waals surface area contributed by atoms with Crippen molar-refractivity contribution in [1.29, 1.82) is 0 Å². The largest absolute Gasteiger partial charge is 0.0778 e. The van der Waals surface area contributed by atoms with E-state index in [-0.39, 0.29) is 0 Å². The zero-order valence-corrected chi connectivity index (χ0v) is 22.0. The van der Waals surface area contributed by atoms with Crippen LogP contribution in [-0.2, 0) is 0 Å². The summed E-state index contributed by atoms with van der Waals surface area (Å²) in [6.07, 6.45) is 1.29. The molecule has 0 heteroatoms. The number of rotatable bonds is 0. The summed E-state index contributed by atoms with van der Waals surface area (Å²) in [6, 6.07) is 8.36. The van der Waals surface area contributed by atoms with Gasteiger partial charge in [0.2, 0.25) is 0 Å². The van der Waals surface area contributed by atoms with Crippen LogP contribution in [0.15, 0.2) is 35.4 Å². The van der Waals surface area contributed by atoms with E-state index in [2.05, 4.69) is 107 Å². The van der Waals surface area contributed by atoms with Crippen LogP contribution in [0.25, 0.3) is 0 Å². The lowest BCUT2D eigenvalue weighted by Crippen LogP contribution is -2.16. The van der Waals surface area contributed by atoms with E-state index in [4.69, 9.17) is 0 Å². The van der Waals surface area contributed by atoms with E-state index in [0.717, 1.165) is 0 Å². The predicted molar refractivity (Wildman–Crippen MR) is 132 cm³/mol. The van der Waals surface area contributed by atoms with Gasteiger partial charge in [0, 0.05) is 0 Å². The molecule has 0 heterocycles. The van der Waals surface area contributed by atoms with Crippen molar-refractivity contribution in [2.75, 3.05) is 0 Å². The normalized spacial score (nSPS) is 9.63. The quantitative estimate of drug-likeness (QED) is 0.394. The molecular formula is C27H54. The van der Waals surface area contributed by atoms with Crippen LogP contribution in [0.2, 0.25) is 0 Å². The van der Waals surface area contributed by atoms with Crippen LogP contribution in [0.3, 0.4) is 0 Å². The molecule has 0 atom stereocenters. The van der Waals surface area contributed by atoms with E-state index in [9.17, 15) is 0 Å². The summed E-state index contributed by atoms with van der Waals surface area (Å²) >= 11 is 0. The number of benzene rings is 1. The van der Waals surface area contributed by atoms with Crippen molar-refractivity contribution in [2.45, 2.75) is 117 Å². The van der Waals surface area contributed by atoms with Crippen molar-refractivity contribution >= 4 is 0 Å². The summed E-state index contributed by atoms with van der Waals surface area (Å²) in [5.41, 5.74) is 6.56. The number of hydrogen-bond donors (Lipinski definition) is 0. The summed E-state index contributed by atoms with van der Waals surface area (Å²) in [6.45, 7) is 34.5. The summed E-state index contributed by atoms with van der Waals surface area (Å²) in [4.78, 5) is 0. The molecule has 27 heavy (non-hydrogen) atoms. The molecule has 0 radical (unpaired) electrons.